The van der Waals surface area contributed by atoms with Gasteiger partial charge in [-0.3, -0.25) is 14.7 Å². The molecule has 1 aromatic heterocycles. The van der Waals surface area contributed by atoms with Crippen LogP contribution < -0.4 is 5.32 Å². The largest absolute Gasteiger partial charge is 0.393 e. The van der Waals surface area contributed by atoms with Gasteiger partial charge in [0.2, 0.25) is 5.91 Å². The Kier molecular flexibility index (Phi) is 5.79. The van der Waals surface area contributed by atoms with Crippen molar-refractivity contribution in [3.8, 4) is 0 Å². The van der Waals surface area contributed by atoms with Gasteiger partial charge < -0.3 is 10.4 Å². The molecule has 5 heteroatoms. The molecule has 1 aliphatic rings. The molecule has 2 N–H and O–H groups in total. The smallest absolute Gasteiger partial charge is 0.234 e. The molecule has 0 unspecified atom stereocenters. The van der Waals surface area contributed by atoms with E-state index < -0.39 is 0 Å². The molecule has 5 nitrogen and oxygen atoms in total. The number of benzene rings is 1. The second kappa shape index (κ2) is 8.23. The summed E-state index contributed by atoms with van der Waals surface area (Å²) in [5.41, 5.74) is 2.18. The van der Waals surface area contributed by atoms with Crippen molar-refractivity contribution < 1.29 is 9.90 Å². The average Bonchev–Trinajstić information content (AvgIpc) is 2.59. The number of amides is 1. The number of aliphatic hydroxyl groups excluding tert-OH is 1. The first kappa shape index (κ1) is 17.6. The number of pyridine rings is 1. The lowest BCUT2D eigenvalue weighted by atomic mass is 9.75. The minimum absolute atomic E-state index is 0.00151. The van der Waals surface area contributed by atoms with Crippen molar-refractivity contribution in [2.45, 2.75) is 31.5 Å². The fraction of sp³-hybridized carbons (Fsp3) is 0.400. The van der Waals surface area contributed by atoms with Crippen LogP contribution in [0.4, 0.5) is 0 Å². The highest BCUT2D eigenvalue weighted by atomic mass is 16.3. The predicted molar refractivity (Wildman–Crippen MR) is 96.6 cm³/mol. The van der Waals surface area contributed by atoms with Gasteiger partial charge >= 0.3 is 0 Å². The van der Waals surface area contributed by atoms with Crippen LogP contribution in [0.1, 0.15) is 30.0 Å². The Hall–Kier alpha value is -2.24. The van der Waals surface area contributed by atoms with Gasteiger partial charge in [0, 0.05) is 18.9 Å². The summed E-state index contributed by atoms with van der Waals surface area (Å²) in [4.78, 5) is 18.6. The van der Waals surface area contributed by atoms with E-state index in [4.69, 9.17) is 0 Å². The lowest BCUT2D eigenvalue weighted by Crippen LogP contribution is -2.44. The van der Waals surface area contributed by atoms with Crippen molar-refractivity contribution >= 4 is 5.91 Å². The molecule has 1 aromatic carbocycles. The van der Waals surface area contributed by atoms with Crippen molar-refractivity contribution in [1.29, 1.82) is 0 Å². The van der Waals surface area contributed by atoms with Crippen LogP contribution in [0.3, 0.4) is 0 Å². The van der Waals surface area contributed by atoms with E-state index in [9.17, 15) is 9.90 Å². The van der Waals surface area contributed by atoms with Crippen molar-refractivity contribution in [3.63, 3.8) is 0 Å². The molecule has 25 heavy (non-hydrogen) atoms. The van der Waals surface area contributed by atoms with E-state index in [-0.39, 0.29) is 18.1 Å². The molecule has 2 aromatic rings. The first-order valence-corrected chi connectivity index (χ1v) is 8.71. The summed E-state index contributed by atoms with van der Waals surface area (Å²) < 4.78 is 0. The van der Waals surface area contributed by atoms with Crippen molar-refractivity contribution in [3.05, 3.63) is 66.0 Å². The molecule has 1 aliphatic carbocycles. The molecule has 0 spiro atoms. The van der Waals surface area contributed by atoms with Crippen LogP contribution in [0.5, 0.6) is 0 Å². The number of rotatable bonds is 7. The third-order valence-electron chi connectivity index (χ3n) is 4.69. The number of aliphatic hydroxyl groups is 1. The Morgan fingerprint density at radius 2 is 2.04 bits per heavy atom. The monoisotopic (exact) mass is 339 g/mol. The average molecular weight is 339 g/mol. The van der Waals surface area contributed by atoms with E-state index in [1.165, 1.54) is 0 Å². The number of hydrogen-bond acceptors (Lipinski definition) is 4. The van der Waals surface area contributed by atoms with E-state index in [1.54, 1.807) is 6.20 Å². The highest BCUT2D eigenvalue weighted by molar-refractivity contribution is 5.78. The second-order valence-corrected chi connectivity index (χ2v) is 6.87. The van der Waals surface area contributed by atoms with Crippen LogP contribution in [0.15, 0.2) is 54.9 Å². The second-order valence-electron chi connectivity index (χ2n) is 6.87. The van der Waals surface area contributed by atoms with Crippen LogP contribution >= 0.6 is 0 Å². The van der Waals surface area contributed by atoms with Crippen LogP contribution in [-0.4, -0.2) is 40.6 Å². The summed E-state index contributed by atoms with van der Waals surface area (Å²) in [7, 11) is 1.93. The minimum Gasteiger partial charge on any atom is -0.393 e. The molecular weight excluding hydrogens is 314 g/mol. The Bertz CT molecular complexity index is 672. The van der Waals surface area contributed by atoms with Crippen molar-refractivity contribution in [2.75, 3.05) is 13.6 Å². The molecule has 0 radical (unpaired) electrons. The molecule has 0 aliphatic heterocycles. The Morgan fingerprint density at radius 1 is 1.28 bits per heavy atom. The zero-order chi connectivity index (χ0) is 17.6. The maximum atomic E-state index is 12.5. The summed E-state index contributed by atoms with van der Waals surface area (Å²) in [6.07, 6.45) is 4.81. The molecule has 1 saturated carbocycles. The zero-order valence-electron chi connectivity index (χ0n) is 14.5. The summed E-state index contributed by atoms with van der Waals surface area (Å²) in [6.45, 7) is 1.01. The number of aromatic nitrogens is 1. The third-order valence-corrected chi connectivity index (χ3v) is 4.69. The molecule has 1 amide bonds. The van der Waals surface area contributed by atoms with Gasteiger partial charge in [0.15, 0.2) is 0 Å². The van der Waals surface area contributed by atoms with E-state index in [2.05, 4.69) is 10.3 Å². The lowest BCUT2D eigenvalue weighted by molar-refractivity contribution is -0.124. The van der Waals surface area contributed by atoms with E-state index in [0.717, 1.165) is 24.0 Å². The van der Waals surface area contributed by atoms with Gasteiger partial charge in [-0.2, -0.15) is 0 Å². The number of nitrogens with one attached hydrogen (secondary N) is 1. The predicted octanol–water partition coefficient (Wildman–Crippen LogP) is 2.14. The highest BCUT2D eigenvalue weighted by Gasteiger charge is 2.35. The van der Waals surface area contributed by atoms with Gasteiger partial charge in [-0.15, -0.1) is 0 Å². The molecule has 1 fully saturated rings. The summed E-state index contributed by atoms with van der Waals surface area (Å²) in [5.74, 6) is 0.298. The normalized spacial score (nSPS) is 20.8. The van der Waals surface area contributed by atoms with Crippen molar-refractivity contribution in [1.82, 2.24) is 15.2 Å². The fourth-order valence-corrected chi connectivity index (χ4v) is 3.36. The highest BCUT2D eigenvalue weighted by Crippen LogP contribution is 2.37. The number of hydrogen-bond donors (Lipinski definition) is 2. The summed E-state index contributed by atoms with van der Waals surface area (Å²) >= 11 is 0. The molecule has 1 atom stereocenters. The van der Waals surface area contributed by atoms with Gasteiger partial charge in [0.25, 0.3) is 0 Å². The molecular formula is C20H25N3O2. The molecule has 0 saturated heterocycles. The Labute approximate surface area is 148 Å². The maximum absolute atomic E-state index is 12.5. The van der Waals surface area contributed by atoms with E-state index in [1.807, 2.05) is 60.6 Å². The van der Waals surface area contributed by atoms with Gasteiger partial charge in [-0.25, -0.2) is 0 Å². The minimum atomic E-state index is -0.235. The van der Waals surface area contributed by atoms with E-state index >= 15 is 0 Å². The van der Waals surface area contributed by atoms with Crippen LogP contribution in [0.2, 0.25) is 0 Å². The van der Waals surface area contributed by atoms with Crippen LogP contribution in [0.25, 0.3) is 0 Å². The quantitative estimate of drug-likeness (QED) is 0.811. The van der Waals surface area contributed by atoms with Gasteiger partial charge in [-0.1, -0.05) is 36.4 Å². The lowest BCUT2D eigenvalue weighted by Gasteiger charge is -2.38. The number of likely N-dealkylation sites (N-methyl/N-ethyl adjacent to an activating group) is 1. The summed E-state index contributed by atoms with van der Waals surface area (Å²) in [5, 5.41) is 12.8. The van der Waals surface area contributed by atoms with Crippen LogP contribution in [0, 0.1) is 5.92 Å². The fourth-order valence-electron chi connectivity index (χ4n) is 3.36. The summed E-state index contributed by atoms with van der Waals surface area (Å²) in [6, 6.07) is 13.9. The SMILES string of the molecule is CN(CC(=O)N[C@@H](c1ccccc1)C1CC(O)C1)Cc1cccnc1. The van der Waals surface area contributed by atoms with Gasteiger partial charge in [0.1, 0.15) is 0 Å². The topological polar surface area (TPSA) is 65.5 Å². The standard InChI is InChI=1S/C20H25N3O2/c1-23(13-15-6-5-9-21-12-15)14-19(25)22-20(17-10-18(24)11-17)16-7-3-2-4-8-16/h2-9,12,17-18,20,24H,10-11,13-14H2,1H3,(H,22,25)/t17?,18?,20-/m0/s1. The Morgan fingerprint density at radius 3 is 2.68 bits per heavy atom. The van der Waals surface area contributed by atoms with E-state index in [0.29, 0.717) is 19.0 Å². The Balaban J connectivity index is 1.58. The first-order valence-electron chi connectivity index (χ1n) is 8.71. The van der Waals surface area contributed by atoms with Gasteiger partial charge in [-0.05, 0) is 43.0 Å². The number of carbonyl (C=O) groups excluding carboxylic acids is 1. The first-order chi connectivity index (χ1) is 12.1. The molecule has 3 rings (SSSR count). The molecule has 0 bridgehead atoms. The third kappa shape index (κ3) is 4.87. The number of carbonyl (C=O) groups is 1. The zero-order valence-corrected chi connectivity index (χ0v) is 14.5. The van der Waals surface area contributed by atoms with Gasteiger partial charge in [0.05, 0.1) is 18.7 Å². The van der Waals surface area contributed by atoms with Crippen molar-refractivity contribution in [2.24, 2.45) is 5.92 Å². The molecule has 132 valence electrons. The van der Waals surface area contributed by atoms with Crippen LogP contribution in [-0.2, 0) is 11.3 Å². The molecule has 1 heterocycles. The maximum Gasteiger partial charge on any atom is 0.234 e. The number of nitrogens with zero attached hydrogens (tertiary/aromatic N) is 2.